The predicted octanol–water partition coefficient (Wildman–Crippen LogP) is 3.82. The van der Waals surface area contributed by atoms with E-state index < -0.39 is 29.5 Å². The summed E-state index contributed by atoms with van der Waals surface area (Å²) >= 11 is 0. The monoisotopic (exact) mass is 485 g/mol. The van der Waals surface area contributed by atoms with Gasteiger partial charge in [-0.2, -0.15) is 0 Å². The third-order valence-corrected chi connectivity index (χ3v) is 5.68. The van der Waals surface area contributed by atoms with Crippen LogP contribution >= 0.6 is 0 Å². The summed E-state index contributed by atoms with van der Waals surface area (Å²) in [7, 11) is 0. The van der Waals surface area contributed by atoms with Crippen LogP contribution in [0.5, 0.6) is 5.75 Å². The Balaban J connectivity index is 1.82. The quantitative estimate of drug-likeness (QED) is 0.694. The normalized spacial score (nSPS) is 17.0. The molecule has 0 spiro atoms. The van der Waals surface area contributed by atoms with E-state index in [0.29, 0.717) is 29.0 Å². The first-order valence-electron chi connectivity index (χ1n) is 11.5. The molecule has 0 unspecified atom stereocenters. The van der Waals surface area contributed by atoms with Crippen LogP contribution in [-0.4, -0.2) is 59.0 Å². The minimum absolute atomic E-state index is 0.271. The summed E-state index contributed by atoms with van der Waals surface area (Å²) in [6, 6.07) is 10.3. The topological polar surface area (TPSA) is 102 Å². The van der Waals surface area contributed by atoms with Crippen molar-refractivity contribution in [3.63, 3.8) is 0 Å². The maximum Gasteiger partial charge on any atom is 0.410 e. The minimum Gasteiger partial charge on any atom is -0.476 e. The average molecular weight is 486 g/mol. The summed E-state index contributed by atoms with van der Waals surface area (Å²) in [5, 5.41) is 0. The standard InChI is InChI=1S/C26H32FN3O5/c1-16-6-7-19(14-21(16)27)22(34-20-10-8-18(9-11-20)23(28)31)24(32)29-12-13-30(17(2)15-29)25(33)35-26(3,4)5/h6-11,14,17,22H,12-13,15H2,1-5H3,(H2,28,31)/t17-,22-/m1/s1. The number of amides is 3. The third kappa shape index (κ3) is 6.49. The Morgan fingerprint density at radius 1 is 1.09 bits per heavy atom. The molecule has 0 aliphatic carbocycles. The molecule has 35 heavy (non-hydrogen) atoms. The number of nitrogens with zero attached hydrogens (tertiary/aromatic N) is 2. The highest BCUT2D eigenvalue weighted by Gasteiger charge is 2.36. The zero-order valence-corrected chi connectivity index (χ0v) is 20.7. The SMILES string of the molecule is Cc1ccc([C@@H](Oc2ccc(C(N)=O)cc2)C(=O)N2CCN(C(=O)OC(C)(C)C)[C@H](C)C2)cc1F. The van der Waals surface area contributed by atoms with Crippen LogP contribution in [0.1, 0.15) is 55.3 Å². The zero-order chi connectivity index (χ0) is 25.9. The van der Waals surface area contributed by atoms with E-state index in [1.165, 1.54) is 30.3 Å². The van der Waals surface area contributed by atoms with Crippen LogP contribution in [0.25, 0.3) is 0 Å². The van der Waals surface area contributed by atoms with Gasteiger partial charge in [0.2, 0.25) is 12.0 Å². The molecule has 1 aliphatic rings. The molecule has 3 amide bonds. The summed E-state index contributed by atoms with van der Waals surface area (Å²) in [5.74, 6) is -1.06. The summed E-state index contributed by atoms with van der Waals surface area (Å²) in [6.07, 6.45) is -1.55. The van der Waals surface area contributed by atoms with Gasteiger partial charge < -0.3 is 25.0 Å². The minimum atomic E-state index is -1.12. The van der Waals surface area contributed by atoms with Crippen molar-refractivity contribution < 1.29 is 28.2 Å². The van der Waals surface area contributed by atoms with E-state index >= 15 is 0 Å². The molecule has 1 aliphatic heterocycles. The number of ether oxygens (including phenoxy) is 2. The van der Waals surface area contributed by atoms with Crippen molar-refractivity contribution in [3.05, 3.63) is 65.0 Å². The van der Waals surface area contributed by atoms with Crippen molar-refractivity contribution in [2.24, 2.45) is 5.73 Å². The van der Waals surface area contributed by atoms with Crippen molar-refractivity contribution in [3.8, 4) is 5.75 Å². The number of piperazine rings is 1. The van der Waals surface area contributed by atoms with Crippen LogP contribution in [0.4, 0.5) is 9.18 Å². The molecule has 9 heteroatoms. The summed E-state index contributed by atoms with van der Waals surface area (Å²) in [4.78, 5) is 40.7. The van der Waals surface area contributed by atoms with Crippen molar-refractivity contribution in [2.45, 2.75) is 52.4 Å². The highest BCUT2D eigenvalue weighted by atomic mass is 19.1. The number of hydrogen-bond acceptors (Lipinski definition) is 5. The molecule has 188 valence electrons. The van der Waals surface area contributed by atoms with Gasteiger partial charge in [0.25, 0.3) is 5.91 Å². The lowest BCUT2D eigenvalue weighted by Gasteiger charge is -2.41. The average Bonchev–Trinajstić information content (AvgIpc) is 2.78. The maximum absolute atomic E-state index is 14.4. The van der Waals surface area contributed by atoms with Crippen LogP contribution in [0, 0.1) is 12.7 Å². The Kier molecular flexibility index (Phi) is 7.67. The van der Waals surface area contributed by atoms with Crippen molar-refractivity contribution >= 4 is 17.9 Å². The summed E-state index contributed by atoms with van der Waals surface area (Å²) in [5.41, 5.74) is 5.78. The van der Waals surface area contributed by atoms with Crippen LogP contribution in [-0.2, 0) is 9.53 Å². The third-order valence-electron chi connectivity index (χ3n) is 5.68. The van der Waals surface area contributed by atoms with E-state index in [2.05, 4.69) is 0 Å². The number of hydrogen-bond donors (Lipinski definition) is 1. The number of carbonyl (C=O) groups excluding carboxylic acids is 3. The van der Waals surface area contributed by atoms with Crippen molar-refractivity contribution in [1.29, 1.82) is 0 Å². The van der Waals surface area contributed by atoms with E-state index in [4.69, 9.17) is 15.2 Å². The van der Waals surface area contributed by atoms with Gasteiger partial charge in [-0.3, -0.25) is 9.59 Å². The molecule has 1 fully saturated rings. The largest absolute Gasteiger partial charge is 0.476 e. The Morgan fingerprint density at radius 3 is 2.29 bits per heavy atom. The van der Waals surface area contributed by atoms with Crippen LogP contribution in [0.15, 0.2) is 42.5 Å². The van der Waals surface area contributed by atoms with Gasteiger partial charge in [0.15, 0.2) is 0 Å². The molecule has 2 atom stereocenters. The van der Waals surface area contributed by atoms with Gasteiger partial charge in [-0.1, -0.05) is 12.1 Å². The molecule has 8 nitrogen and oxygen atoms in total. The van der Waals surface area contributed by atoms with E-state index in [1.807, 2.05) is 6.92 Å². The highest BCUT2D eigenvalue weighted by molar-refractivity contribution is 5.92. The molecule has 2 N–H and O–H groups in total. The van der Waals surface area contributed by atoms with E-state index in [0.717, 1.165) is 0 Å². The molecule has 0 bridgehead atoms. The second-order valence-electron chi connectivity index (χ2n) is 9.70. The van der Waals surface area contributed by atoms with Gasteiger partial charge >= 0.3 is 6.09 Å². The molecule has 2 aromatic carbocycles. The molecule has 1 heterocycles. The Bertz CT molecular complexity index is 1100. The predicted molar refractivity (Wildman–Crippen MR) is 128 cm³/mol. The van der Waals surface area contributed by atoms with Gasteiger partial charge in [-0.25, -0.2) is 9.18 Å². The fourth-order valence-electron chi connectivity index (χ4n) is 3.78. The number of aryl methyl sites for hydroxylation is 1. The fraction of sp³-hybridized carbons (Fsp3) is 0.423. The molecule has 0 aromatic heterocycles. The lowest BCUT2D eigenvalue weighted by molar-refractivity contribution is -0.142. The first-order valence-corrected chi connectivity index (χ1v) is 11.5. The van der Waals surface area contributed by atoms with Gasteiger partial charge in [-0.15, -0.1) is 0 Å². The van der Waals surface area contributed by atoms with Crippen molar-refractivity contribution in [2.75, 3.05) is 19.6 Å². The highest BCUT2D eigenvalue weighted by Crippen LogP contribution is 2.27. The number of carbonyl (C=O) groups is 3. The Hall–Kier alpha value is -3.62. The second kappa shape index (κ2) is 10.3. The molecule has 2 aromatic rings. The molecular weight excluding hydrogens is 453 g/mol. The molecular formula is C26H32FN3O5. The molecule has 0 radical (unpaired) electrons. The molecule has 0 saturated carbocycles. The van der Waals surface area contributed by atoms with E-state index in [-0.39, 0.29) is 25.0 Å². The fourth-order valence-corrected chi connectivity index (χ4v) is 3.78. The molecule has 3 rings (SSSR count). The Labute approximate surface area is 204 Å². The summed E-state index contributed by atoms with van der Waals surface area (Å²) < 4.78 is 25.9. The van der Waals surface area contributed by atoms with Crippen LogP contribution in [0.2, 0.25) is 0 Å². The van der Waals surface area contributed by atoms with Crippen LogP contribution < -0.4 is 10.5 Å². The van der Waals surface area contributed by atoms with Gasteiger partial charge in [0, 0.05) is 36.8 Å². The first kappa shape index (κ1) is 26.0. The summed E-state index contributed by atoms with van der Waals surface area (Å²) in [6.45, 7) is 9.72. The van der Waals surface area contributed by atoms with Gasteiger partial charge in [0.1, 0.15) is 17.2 Å². The van der Waals surface area contributed by atoms with Gasteiger partial charge in [-0.05, 0) is 70.5 Å². The maximum atomic E-state index is 14.4. The number of rotatable bonds is 5. The van der Waals surface area contributed by atoms with Gasteiger partial charge in [0.05, 0.1) is 0 Å². The lowest BCUT2D eigenvalue weighted by Crippen LogP contribution is -2.57. The number of nitrogens with two attached hydrogens (primary N) is 1. The lowest BCUT2D eigenvalue weighted by atomic mass is 10.0. The Morgan fingerprint density at radius 2 is 1.74 bits per heavy atom. The van der Waals surface area contributed by atoms with Crippen molar-refractivity contribution in [1.82, 2.24) is 9.80 Å². The number of primary amides is 1. The number of benzene rings is 2. The first-order chi connectivity index (χ1) is 16.4. The zero-order valence-electron chi connectivity index (χ0n) is 20.7. The van der Waals surface area contributed by atoms with E-state index in [9.17, 15) is 18.8 Å². The number of halogens is 1. The smallest absolute Gasteiger partial charge is 0.410 e. The van der Waals surface area contributed by atoms with Crippen LogP contribution in [0.3, 0.4) is 0 Å². The second-order valence-corrected chi connectivity index (χ2v) is 9.70. The molecule has 1 saturated heterocycles. The van der Waals surface area contributed by atoms with E-state index in [1.54, 1.807) is 49.6 Å².